The number of aldehydes is 1. The van der Waals surface area contributed by atoms with Gasteiger partial charge in [0.1, 0.15) is 6.29 Å². The van der Waals surface area contributed by atoms with Crippen LogP contribution in [0.15, 0.2) is 65.8 Å². The number of carbonyl (C=O) groups excluding carboxylic acids is 1. The summed E-state index contributed by atoms with van der Waals surface area (Å²) in [7, 11) is 2.25. The van der Waals surface area contributed by atoms with Crippen molar-refractivity contribution in [3.8, 4) is 0 Å². The number of nitrogens with zero attached hydrogens (tertiary/aromatic N) is 1. The van der Waals surface area contributed by atoms with Gasteiger partial charge in [0.15, 0.2) is 0 Å². The van der Waals surface area contributed by atoms with Gasteiger partial charge in [-0.15, -0.1) is 0 Å². The van der Waals surface area contributed by atoms with Gasteiger partial charge in [-0.25, -0.2) is 0 Å². The van der Waals surface area contributed by atoms with Crippen molar-refractivity contribution < 1.29 is 4.79 Å². The molecule has 0 radical (unpaired) electrons. The zero-order chi connectivity index (χ0) is 23.6. The third kappa shape index (κ3) is 11.9. The molecule has 0 spiro atoms. The topological polar surface area (TPSA) is 20.3 Å². The first-order valence-corrected chi connectivity index (χ1v) is 12.5. The van der Waals surface area contributed by atoms with Crippen molar-refractivity contribution in [2.45, 2.75) is 91.5 Å². The smallest absolute Gasteiger partial charge is 0.145 e. The fourth-order valence-electron chi connectivity index (χ4n) is 3.79. The van der Waals surface area contributed by atoms with Crippen LogP contribution in [0.3, 0.4) is 0 Å². The Bertz CT molecular complexity index is 752. The highest BCUT2D eigenvalue weighted by Crippen LogP contribution is 2.23. The molecular formula is C30H45NO. The highest BCUT2D eigenvalue weighted by molar-refractivity contribution is 5.72. The Balaban J connectivity index is 2.63. The normalized spacial score (nSPS) is 13.8. The van der Waals surface area contributed by atoms with Crippen molar-refractivity contribution in [2.24, 2.45) is 0 Å². The monoisotopic (exact) mass is 435 g/mol. The van der Waals surface area contributed by atoms with Gasteiger partial charge < -0.3 is 4.90 Å². The van der Waals surface area contributed by atoms with Crippen molar-refractivity contribution >= 4 is 18.0 Å². The van der Waals surface area contributed by atoms with E-state index in [-0.39, 0.29) is 0 Å². The summed E-state index contributed by atoms with van der Waals surface area (Å²) in [6.45, 7) is 8.45. The van der Waals surface area contributed by atoms with E-state index in [1.807, 2.05) is 24.3 Å². The average molecular weight is 436 g/mol. The van der Waals surface area contributed by atoms with Gasteiger partial charge in [0, 0.05) is 18.8 Å². The number of hydrogen-bond acceptors (Lipinski definition) is 2. The molecule has 1 rings (SSSR count). The molecule has 0 heterocycles. The second kappa shape index (κ2) is 17.2. The maximum atomic E-state index is 10.6. The maximum Gasteiger partial charge on any atom is 0.145 e. The standard InChI is InChI=1S/C30H45NO/c1-6-8-9-10-11-12-18-29(15-7-2)31(5)30-23-21-28(22-24-30)20-19-26(3)16-13-14-17-27(4)25-32/h13-14,16-17,19-25,29H,6-12,15,18H2,1-5H3. The molecule has 32 heavy (non-hydrogen) atoms. The summed E-state index contributed by atoms with van der Waals surface area (Å²) in [5.41, 5.74) is 4.40. The van der Waals surface area contributed by atoms with Crippen LogP contribution >= 0.6 is 0 Å². The summed E-state index contributed by atoms with van der Waals surface area (Å²) in [5.74, 6) is 0. The summed E-state index contributed by atoms with van der Waals surface area (Å²) in [6, 6.07) is 9.52. The molecule has 0 saturated heterocycles. The van der Waals surface area contributed by atoms with Gasteiger partial charge in [-0.1, -0.05) is 113 Å². The van der Waals surface area contributed by atoms with Crippen LogP contribution in [0.5, 0.6) is 0 Å². The molecule has 1 aromatic rings. The maximum absolute atomic E-state index is 10.6. The van der Waals surface area contributed by atoms with E-state index in [2.05, 4.69) is 69.1 Å². The molecule has 0 bridgehead atoms. The van der Waals surface area contributed by atoms with Crippen molar-refractivity contribution in [2.75, 3.05) is 11.9 Å². The van der Waals surface area contributed by atoms with E-state index in [1.165, 1.54) is 74.6 Å². The Morgan fingerprint density at radius 1 is 0.844 bits per heavy atom. The average Bonchev–Trinajstić information content (AvgIpc) is 2.81. The van der Waals surface area contributed by atoms with Gasteiger partial charge in [-0.05, 0) is 50.0 Å². The van der Waals surface area contributed by atoms with Crippen LogP contribution in [0.2, 0.25) is 0 Å². The first-order valence-electron chi connectivity index (χ1n) is 12.5. The molecule has 0 aliphatic rings. The first-order chi connectivity index (χ1) is 15.5. The van der Waals surface area contributed by atoms with Gasteiger partial charge in [0.2, 0.25) is 0 Å². The van der Waals surface area contributed by atoms with E-state index >= 15 is 0 Å². The van der Waals surface area contributed by atoms with E-state index in [1.54, 1.807) is 6.92 Å². The van der Waals surface area contributed by atoms with Gasteiger partial charge in [-0.3, -0.25) is 4.79 Å². The molecule has 0 amide bonds. The zero-order valence-corrected chi connectivity index (χ0v) is 21.1. The van der Waals surface area contributed by atoms with Crippen LogP contribution in [-0.4, -0.2) is 19.4 Å². The highest BCUT2D eigenvalue weighted by atomic mass is 16.1. The van der Waals surface area contributed by atoms with Crippen molar-refractivity contribution in [3.63, 3.8) is 0 Å². The lowest BCUT2D eigenvalue weighted by Crippen LogP contribution is -2.31. The van der Waals surface area contributed by atoms with Gasteiger partial charge in [0.25, 0.3) is 0 Å². The molecule has 0 N–H and O–H groups in total. The number of allylic oxidation sites excluding steroid dienone is 7. The molecule has 0 aromatic heterocycles. The SMILES string of the molecule is CCCCCCCCC(CCC)N(C)c1ccc(C=CC(C)=CC=CC=C(C)C=O)cc1. The lowest BCUT2D eigenvalue weighted by atomic mass is 10.0. The van der Waals surface area contributed by atoms with Crippen LogP contribution in [0.1, 0.15) is 91.0 Å². The Labute approximate surface area is 197 Å². The number of benzene rings is 1. The Kier molecular flexibility index (Phi) is 14.9. The molecule has 1 aromatic carbocycles. The summed E-state index contributed by atoms with van der Waals surface area (Å²) in [5, 5.41) is 0. The molecule has 0 aliphatic carbocycles. The van der Waals surface area contributed by atoms with Crippen molar-refractivity contribution in [1.82, 2.24) is 0 Å². The second-order valence-corrected chi connectivity index (χ2v) is 8.86. The van der Waals surface area contributed by atoms with Crippen LogP contribution in [0, 0.1) is 0 Å². The minimum Gasteiger partial charge on any atom is -0.372 e. The van der Waals surface area contributed by atoms with Crippen LogP contribution < -0.4 is 4.90 Å². The largest absolute Gasteiger partial charge is 0.372 e. The summed E-state index contributed by atoms with van der Waals surface area (Å²) in [6.07, 6.45) is 24.8. The first kappa shape index (κ1) is 27.7. The van der Waals surface area contributed by atoms with E-state index < -0.39 is 0 Å². The second-order valence-electron chi connectivity index (χ2n) is 8.86. The highest BCUT2D eigenvalue weighted by Gasteiger charge is 2.14. The van der Waals surface area contributed by atoms with E-state index in [0.717, 1.165) is 11.9 Å². The summed E-state index contributed by atoms with van der Waals surface area (Å²) >= 11 is 0. The van der Waals surface area contributed by atoms with Crippen LogP contribution in [-0.2, 0) is 4.79 Å². The Morgan fingerprint density at radius 2 is 1.47 bits per heavy atom. The Hall–Kier alpha value is -2.35. The van der Waals surface area contributed by atoms with E-state index in [0.29, 0.717) is 6.04 Å². The minimum absolute atomic E-state index is 0.626. The molecule has 2 heteroatoms. The Morgan fingerprint density at radius 3 is 2.09 bits per heavy atom. The molecular weight excluding hydrogens is 390 g/mol. The van der Waals surface area contributed by atoms with E-state index in [9.17, 15) is 4.79 Å². The molecule has 1 atom stereocenters. The predicted molar refractivity (Wildman–Crippen MR) is 143 cm³/mol. The van der Waals surface area contributed by atoms with Crippen molar-refractivity contribution in [1.29, 1.82) is 0 Å². The van der Waals surface area contributed by atoms with Crippen LogP contribution in [0.25, 0.3) is 6.08 Å². The molecule has 0 saturated carbocycles. The van der Waals surface area contributed by atoms with E-state index in [4.69, 9.17) is 0 Å². The van der Waals surface area contributed by atoms with Crippen molar-refractivity contribution in [3.05, 3.63) is 71.4 Å². The predicted octanol–water partition coefficient (Wildman–Crippen LogP) is 8.70. The van der Waals surface area contributed by atoms with Gasteiger partial charge >= 0.3 is 0 Å². The summed E-state index contributed by atoms with van der Waals surface area (Å²) in [4.78, 5) is 13.1. The van der Waals surface area contributed by atoms with Gasteiger partial charge in [0.05, 0.1) is 0 Å². The fourth-order valence-corrected chi connectivity index (χ4v) is 3.79. The number of anilines is 1. The lowest BCUT2D eigenvalue weighted by Gasteiger charge is -2.30. The minimum atomic E-state index is 0.626. The molecule has 0 aliphatic heterocycles. The van der Waals surface area contributed by atoms with Gasteiger partial charge in [-0.2, -0.15) is 0 Å². The third-order valence-electron chi connectivity index (χ3n) is 5.91. The third-order valence-corrected chi connectivity index (χ3v) is 5.91. The number of hydrogen-bond donors (Lipinski definition) is 0. The molecule has 0 fully saturated rings. The fraction of sp³-hybridized carbons (Fsp3) is 0.500. The van der Waals surface area contributed by atoms with Crippen LogP contribution in [0.4, 0.5) is 5.69 Å². The number of unbranched alkanes of at least 4 members (excludes halogenated alkanes) is 5. The lowest BCUT2D eigenvalue weighted by molar-refractivity contribution is -0.104. The summed E-state index contributed by atoms with van der Waals surface area (Å²) < 4.78 is 0. The number of carbonyl (C=O) groups is 1. The quantitative estimate of drug-likeness (QED) is 0.112. The molecule has 176 valence electrons. The molecule has 2 nitrogen and oxygen atoms in total. The molecule has 1 unspecified atom stereocenters. The zero-order valence-electron chi connectivity index (χ0n) is 21.1. The number of rotatable bonds is 16.